The number of hydrogen-bond acceptors (Lipinski definition) is 2. The van der Waals surface area contributed by atoms with Crippen LogP contribution < -0.4 is 0 Å². The molecule has 1 nitrogen and oxygen atoms in total. The zero-order valence-corrected chi connectivity index (χ0v) is 10.8. The zero-order valence-electron chi connectivity index (χ0n) is 9.99. The van der Waals surface area contributed by atoms with Crippen molar-refractivity contribution in [1.29, 1.82) is 0 Å². The first-order valence-electron chi connectivity index (χ1n) is 5.89. The van der Waals surface area contributed by atoms with Gasteiger partial charge in [-0.2, -0.15) is 0 Å². The smallest absolute Gasteiger partial charge is 0.0884 e. The molecule has 1 heterocycles. The number of aliphatic hydroxyl groups excluding tert-OH is 1. The molecule has 1 aromatic rings. The van der Waals surface area contributed by atoms with Gasteiger partial charge in [-0.3, -0.25) is 0 Å². The number of hydrogen-bond donors (Lipinski definition) is 1. The lowest BCUT2D eigenvalue weighted by atomic mass is 10.0. The number of rotatable bonds is 6. The van der Waals surface area contributed by atoms with E-state index < -0.39 is 0 Å². The van der Waals surface area contributed by atoms with E-state index in [0.29, 0.717) is 0 Å². The second kappa shape index (κ2) is 6.29. The van der Waals surface area contributed by atoms with Crippen molar-refractivity contribution in [2.24, 2.45) is 5.92 Å². The molecule has 86 valence electrons. The van der Waals surface area contributed by atoms with Crippen LogP contribution in [-0.4, -0.2) is 5.11 Å². The predicted molar refractivity (Wildman–Crippen MR) is 67.3 cm³/mol. The third-order valence-electron chi connectivity index (χ3n) is 2.72. The van der Waals surface area contributed by atoms with E-state index >= 15 is 0 Å². The van der Waals surface area contributed by atoms with Gasteiger partial charge in [0.05, 0.1) is 6.10 Å². The van der Waals surface area contributed by atoms with Crippen LogP contribution in [0, 0.1) is 5.92 Å². The molecule has 1 unspecified atom stereocenters. The summed E-state index contributed by atoms with van der Waals surface area (Å²) in [6.07, 6.45) is 4.04. The van der Waals surface area contributed by atoms with Gasteiger partial charge in [0.15, 0.2) is 0 Å². The average Bonchev–Trinajstić information content (AvgIpc) is 2.64. The third-order valence-corrected chi connectivity index (χ3v) is 3.78. The molecule has 1 N–H and O–H groups in total. The molecule has 0 fully saturated rings. The van der Waals surface area contributed by atoms with Gasteiger partial charge in [0.2, 0.25) is 0 Å². The molecule has 0 bridgehead atoms. The molecule has 0 saturated heterocycles. The van der Waals surface area contributed by atoms with Crippen molar-refractivity contribution in [2.75, 3.05) is 0 Å². The van der Waals surface area contributed by atoms with Gasteiger partial charge in [-0.15, -0.1) is 11.3 Å². The minimum Gasteiger partial charge on any atom is -0.388 e. The van der Waals surface area contributed by atoms with Crippen LogP contribution >= 0.6 is 11.3 Å². The van der Waals surface area contributed by atoms with E-state index in [9.17, 15) is 5.11 Å². The first-order chi connectivity index (χ1) is 7.15. The van der Waals surface area contributed by atoms with Crippen LogP contribution in [-0.2, 0) is 6.42 Å². The van der Waals surface area contributed by atoms with E-state index in [0.717, 1.165) is 25.2 Å². The van der Waals surface area contributed by atoms with Gasteiger partial charge in [0.25, 0.3) is 0 Å². The van der Waals surface area contributed by atoms with Gasteiger partial charge < -0.3 is 5.11 Å². The average molecular weight is 226 g/mol. The lowest BCUT2D eigenvalue weighted by Crippen LogP contribution is -1.99. The van der Waals surface area contributed by atoms with Gasteiger partial charge in [-0.05, 0) is 35.8 Å². The van der Waals surface area contributed by atoms with E-state index in [1.807, 2.05) is 0 Å². The van der Waals surface area contributed by atoms with Crippen LogP contribution in [0.2, 0.25) is 0 Å². The molecule has 0 spiro atoms. The summed E-state index contributed by atoms with van der Waals surface area (Å²) in [6, 6.07) is 2.13. The molecule has 0 aliphatic heterocycles. The van der Waals surface area contributed by atoms with Crippen molar-refractivity contribution < 1.29 is 5.11 Å². The summed E-state index contributed by atoms with van der Waals surface area (Å²) in [4.78, 5) is 1.18. The van der Waals surface area contributed by atoms with Crippen LogP contribution in [0.1, 0.15) is 56.6 Å². The predicted octanol–water partition coefficient (Wildman–Crippen LogP) is 4.17. The van der Waals surface area contributed by atoms with Crippen LogP contribution in [0.15, 0.2) is 11.4 Å². The standard InChI is InChI=1S/C13H22OS/c1-4-11-8-9-15-13(11)12(14)7-5-6-10(2)3/h8-10,12,14H,4-7H2,1-3H3. The summed E-state index contributed by atoms with van der Waals surface area (Å²) >= 11 is 1.69. The summed E-state index contributed by atoms with van der Waals surface area (Å²) in [5.41, 5.74) is 1.32. The number of aliphatic hydroxyl groups is 1. The molecular formula is C13H22OS. The lowest BCUT2D eigenvalue weighted by molar-refractivity contribution is 0.165. The van der Waals surface area contributed by atoms with Crippen molar-refractivity contribution in [2.45, 2.75) is 52.6 Å². The fourth-order valence-corrected chi connectivity index (χ4v) is 2.80. The summed E-state index contributed by atoms with van der Waals surface area (Å²) in [6.45, 7) is 6.61. The van der Waals surface area contributed by atoms with Crippen molar-refractivity contribution >= 4 is 11.3 Å². The Labute approximate surface area is 97.2 Å². The molecule has 0 saturated carbocycles. The molecular weight excluding hydrogens is 204 g/mol. The Hall–Kier alpha value is -0.340. The maximum atomic E-state index is 10.0. The highest BCUT2D eigenvalue weighted by Gasteiger charge is 2.12. The van der Waals surface area contributed by atoms with Crippen molar-refractivity contribution in [1.82, 2.24) is 0 Å². The summed E-state index contributed by atoms with van der Waals surface area (Å²) in [7, 11) is 0. The van der Waals surface area contributed by atoms with Gasteiger partial charge >= 0.3 is 0 Å². The minimum atomic E-state index is -0.237. The number of aryl methyl sites for hydroxylation is 1. The number of thiophene rings is 1. The summed E-state index contributed by atoms with van der Waals surface area (Å²) in [5.74, 6) is 0.742. The monoisotopic (exact) mass is 226 g/mol. The maximum Gasteiger partial charge on any atom is 0.0884 e. The zero-order chi connectivity index (χ0) is 11.3. The molecule has 0 aromatic carbocycles. The minimum absolute atomic E-state index is 0.237. The Bertz CT molecular complexity index is 278. The first kappa shape index (κ1) is 12.7. The van der Waals surface area contributed by atoms with Gasteiger partial charge in [0, 0.05) is 4.88 Å². The van der Waals surface area contributed by atoms with Crippen molar-refractivity contribution in [3.05, 3.63) is 21.9 Å². The van der Waals surface area contributed by atoms with Crippen LogP contribution in [0.5, 0.6) is 0 Å². The molecule has 15 heavy (non-hydrogen) atoms. The Morgan fingerprint density at radius 2 is 2.07 bits per heavy atom. The fraction of sp³-hybridized carbons (Fsp3) is 0.692. The highest BCUT2D eigenvalue weighted by atomic mass is 32.1. The highest BCUT2D eigenvalue weighted by Crippen LogP contribution is 2.28. The second-order valence-corrected chi connectivity index (χ2v) is 5.45. The molecule has 1 atom stereocenters. The molecule has 1 aromatic heterocycles. The SMILES string of the molecule is CCc1ccsc1C(O)CCCC(C)C. The fourth-order valence-electron chi connectivity index (χ4n) is 1.78. The molecule has 0 aliphatic rings. The Balaban J connectivity index is 2.43. The molecule has 2 heteroatoms. The Morgan fingerprint density at radius 1 is 1.33 bits per heavy atom. The van der Waals surface area contributed by atoms with Crippen LogP contribution in [0.25, 0.3) is 0 Å². The Kier molecular flexibility index (Phi) is 5.34. The summed E-state index contributed by atoms with van der Waals surface area (Å²) in [5, 5.41) is 12.1. The topological polar surface area (TPSA) is 20.2 Å². The van der Waals surface area contributed by atoms with Crippen LogP contribution in [0.4, 0.5) is 0 Å². The molecule has 1 rings (SSSR count). The van der Waals surface area contributed by atoms with Crippen molar-refractivity contribution in [3.63, 3.8) is 0 Å². The molecule has 0 amide bonds. The third kappa shape index (κ3) is 3.96. The van der Waals surface area contributed by atoms with E-state index in [1.54, 1.807) is 11.3 Å². The molecule has 0 radical (unpaired) electrons. The normalized spacial score (nSPS) is 13.4. The van der Waals surface area contributed by atoms with Crippen molar-refractivity contribution in [3.8, 4) is 0 Å². The van der Waals surface area contributed by atoms with E-state index in [-0.39, 0.29) is 6.10 Å². The Morgan fingerprint density at radius 3 is 2.67 bits per heavy atom. The maximum absolute atomic E-state index is 10.0. The quantitative estimate of drug-likeness (QED) is 0.772. The van der Waals surface area contributed by atoms with Gasteiger partial charge in [0.1, 0.15) is 0 Å². The summed E-state index contributed by atoms with van der Waals surface area (Å²) < 4.78 is 0. The highest BCUT2D eigenvalue weighted by molar-refractivity contribution is 7.10. The van der Waals surface area contributed by atoms with E-state index in [4.69, 9.17) is 0 Å². The largest absolute Gasteiger partial charge is 0.388 e. The van der Waals surface area contributed by atoms with E-state index in [1.165, 1.54) is 16.9 Å². The lowest BCUT2D eigenvalue weighted by Gasteiger charge is -2.11. The first-order valence-corrected chi connectivity index (χ1v) is 6.77. The second-order valence-electron chi connectivity index (χ2n) is 4.50. The van der Waals surface area contributed by atoms with Crippen LogP contribution in [0.3, 0.4) is 0 Å². The van der Waals surface area contributed by atoms with E-state index in [2.05, 4.69) is 32.2 Å². The van der Waals surface area contributed by atoms with Gasteiger partial charge in [-0.25, -0.2) is 0 Å². The molecule has 0 aliphatic carbocycles. The van der Waals surface area contributed by atoms with Gasteiger partial charge in [-0.1, -0.05) is 33.6 Å².